The first kappa shape index (κ1) is 24.9. The highest BCUT2D eigenvalue weighted by atomic mass is 32.1. The Hall–Kier alpha value is -2.72. The number of ether oxygens (including phenoxy) is 3. The van der Waals surface area contributed by atoms with E-state index >= 15 is 0 Å². The quantitative estimate of drug-likeness (QED) is 0.425. The van der Waals surface area contributed by atoms with Crippen molar-refractivity contribution < 1.29 is 33.4 Å². The Morgan fingerprint density at radius 3 is 2.42 bits per heavy atom. The summed E-state index contributed by atoms with van der Waals surface area (Å²) in [6, 6.07) is 1.86. The molecule has 0 aliphatic heterocycles. The van der Waals surface area contributed by atoms with Gasteiger partial charge in [0, 0.05) is 4.88 Å². The van der Waals surface area contributed by atoms with E-state index in [2.05, 4.69) is 5.32 Å². The van der Waals surface area contributed by atoms with Crippen LogP contribution < -0.4 is 5.32 Å². The highest BCUT2D eigenvalue weighted by Crippen LogP contribution is 2.35. The van der Waals surface area contributed by atoms with Crippen LogP contribution in [0.4, 0.5) is 5.00 Å². The van der Waals surface area contributed by atoms with E-state index in [-0.39, 0.29) is 28.5 Å². The van der Waals surface area contributed by atoms with Crippen molar-refractivity contribution in [3.8, 4) is 0 Å². The number of thiophene rings is 2. The van der Waals surface area contributed by atoms with Gasteiger partial charge in [-0.05, 0) is 63.1 Å². The molecule has 0 radical (unpaired) electrons. The number of aryl methyl sites for hydroxylation is 2. The molecule has 0 saturated carbocycles. The zero-order valence-electron chi connectivity index (χ0n) is 19.1. The molecule has 1 N–H and O–H groups in total. The topological polar surface area (TPSA) is 108 Å². The summed E-state index contributed by atoms with van der Waals surface area (Å²) >= 11 is 2.34. The summed E-state index contributed by atoms with van der Waals surface area (Å²) in [6.07, 6.45) is 3.31. The predicted octanol–water partition coefficient (Wildman–Crippen LogP) is 4.53. The van der Waals surface area contributed by atoms with Crippen LogP contribution in [0.15, 0.2) is 6.07 Å². The first-order chi connectivity index (χ1) is 15.8. The molecule has 8 nitrogen and oxygen atoms in total. The Kier molecular flexibility index (Phi) is 8.25. The van der Waals surface area contributed by atoms with Gasteiger partial charge in [-0.3, -0.25) is 4.79 Å². The number of carbonyl (C=O) groups excluding carboxylic acids is 4. The highest BCUT2D eigenvalue weighted by molar-refractivity contribution is 7.18. The third kappa shape index (κ3) is 5.44. The van der Waals surface area contributed by atoms with E-state index in [1.54, 1.807) is 20.8 Å². The van der Waals surface area contributed by atoms with Crippen molar-refractivity contribution in [3.63, 3.8) is 0 Å². The summed E-state index contributed by atoms with van der Waals surface area (Å²) in [5.74, 6) is -2.41. The van der Waals surface area contributed by atoms with Gasteiger partial charge in [-0.2, -0.15) is 0 Å². The summed E-state index contributed by atoms with van der Waals surface area (Å²) in [5, 5.41) is 2.78. The zero-order valence-corrected chi connectivity index (χ0v) is 20.7. The second-order valence-corrected chi connectivity index (χ2v) is 9.69. The van der Waals surface area contributed by atoms with E-state index in [1.807, 2.05) is 6.07 Å². The second kappa shape index (κ2) is 10.9. The molecular formula is C23H27NO7S2. The van der Waals surface area contributed by atoms with Crippen LogP contribution in [0.2, 0.25) is 0 Å². The Morgan fingerprint density at radius 2 is 1.79 bits per heavy atom. The zero-order chi connectivity index (χ0) is 24.1. The van der Waals surface area contributed by atoms with Crippen molar-refractivity contribution in [3.05, 3.63) is 37.4 Å². The predicted molar refractivity (Wildman–Crippen MR) is 125 cm³/mol. The molecule has 2 aromatic heterocycles. The summed E-state index contributed by atoms with van der Waals surface area (Å²) in [4.78, 5) is 52.1. The maximum atomic E-state index is 12.9. The Morgan fingerprint density at radius 1 is 1.06 bits per heavy atom. The number of carbonyl (C=O) groups is 4. The minimum Gasteiger partial charge on any atom is -0.465 e. The van der Waals surface area contributed by atoms with Gasteiger partial charge in [-0.15, -0.1) is 22.7 Å². The molecule has 0 saturated heterocycles. The number of anilines is 1. The van der Waals surface area contributed by atoms with Crippen LogP contribution in [0.1, 0.15) is 78.8 Å². The third-order valence-corrected chi connectivity index (χ3v) is 7.75. The van der Waals surface area contributed by atoms with Gasteiger partial charge in [-0.1, -0.05) is 6.92 Å². The van der Waals surface area contributed by atoms with E-state index in [9.17, 15) is 19.2 Å². The van der Waals surface area contributed by atoms with Gasteiger partial charge in [0.25, 0.3) is 5.91 Å². The monoisotopic (exact) mass is 493 g/mol. The molecule has 1 atom stereocenters. The van der Waals surface area contributed by atoms with Crippen molar-refractivity contribution in [2.24, 2.45) is 0 Å². The van der Waals surface area contributed by atoms with Crippen molar-refractivity contribution >= 4 is 51.5 Å². The first-order valence-electron chi connectivity index (χ1n) is 10.8. The Bertz CT molecular complexity index is 1050. The average molecular weight is 494 g/mol. The number of hydrogen-bond acceptors (Lipinski definition) is 9. The van der Waals surface area contributed by atoms with Crippen LogP contribution in [0.5, 0.6) is 0 Å². The van der Waals surface area contributed by atoms with Crippen LogP contribution in [0, 0.1) is 6.92 Å². The van der Waals surface area contributed by atoms with Crippen LogP contribution in [0.3, 0.4) is 0 Å². The average Bonchev–Trinajstić information content (AvgIpc) is 3.38. The molecule has 1 aliphatic rings. The standard InChI is InChI=1S/C23H27NO7S2/c1-5-14(31-21(26)16-11-13-9-7-8-10-15(13)32-16)19(25)24-20-17(22(27)29-4)12(3)18(33-20)23(28)30-6-2/h11,14H,5-10H2,1-4H3,(H,24,25). The molecule has 1 unspecified atom stereocenters. The normalized spacial score (nSPS) is 13.6. The molecule has 33 heavy (non-hydrogen) atoms. The first-order valence-corrected chi connectivity index (χ1v) is 12.5. The highest BCUT2D eigenvalue weighted by Gasteiger charge is 2.30. The van der Waals surface area contributed by atoms with Gasteiger partial charge >= 0.3 is 17.9 Å². The molecule has 1 amide bonds. The number of nitrogens with one attached hydrogen (secondary N) is 1. The fraction of sp³-hybridized carbons (Fsp3) is 0.478. The number of methoxy groups -OCH3 is 1. The minimum atomic E-state index is -1.06. The summed E-state index contributed by atoms with van der Waals surface area (Å²) in [6.45, 7) is 5.16. The van der Waals surface area contributed by atoms with E-state index in [1.165, 1.54) is 28.9 Å². The lowest BCUT2D eigenvalue weighted by molar-refractivity contribution is -0.124. The van der Waals surface area contributed by atoms with E-state index in [0.29, 0.717) is 10.4 Å². The SMILES string of the molecule is CCOC(=O)c1sc(NC(=O)C(CC)OC(=O)c2cc3c(s2)CCCC3)c(C(=O)OC)c1C. The van der Waals surface area contributed by atoms with E-state index in [0.717, 1.165) is 37.0 Å². The molecule has 2 heterocycles. The molecule has 2 aromatic rings. The largest absolute Gasteiger partial charge is 0.465 e. The molecule has 0 aromatic carbocycles. The van der Waals surface area contributed by atoms with Crippen molar-refractivity contribution in [1.29, 1.82) is 0 Å². The maximum Gasteiger partial charge on any atom is 0.349 e. The molecule has 0 spiro atoms. The van der Waals surface area contributed by atoms with Gasteiger partial charge in [0.05, 0.1) is 19.3 Å². The van der Waals surface area contributed by atoms with Gasteiger partial charge in [0.1, 0.15) is 14.8 Å². The fourth-order valence-electron chi connectivity index (χ4n) is 3.63. The van der Waals surface area contributed by atoms with Crippen LogP contribution >= 0.6 is 22.7 Å². The molecule has 10 heteroatoms. The van der Waals surface area contributed by atoms with Gasteiger partial charge in [0.15, 0.2) is 6.10 Å². The van der Waals surface area contributed by atoms with Gasteiger partial charge < -0.3 is 19.5 Å². The number of hydrogen-bond donors (Lipinski definition) is 1. The summed E-state index contributed by atoms with van der Waals surface area (Å²) in [7, 11) is 1.21. The van der Waals surface area contributed by atoms with Gasteiger partial charge in [0.2, 0.25) is 0 Å². The van der Waals surface area contributed by atoms with Crippen LogP contribution in [-0.2, 0) is 31.8 Å². The van der Waals surface area contributed by atoms with E-state index < -0.39 is 29.9 Å². The molecule has 1 aliphatic carbocycles. The summed E-state index contributed by atoms with van der Waals surface area (Å²) < 4.78 is 15.4. The lowest BCUT2D eigenvalue weighted by Crippen LogP contribution is -2.32. The maximum absolute atomic E-state index is 12.9. The Labute approximate surface area is 200 Å². The van der Waals surface area contributed by atoms with Crippen LogP contribution in [-0.4, -0.2) is 43.6 Å². The lowest BCUT2D eigenvalue weighted by atomic mass is 9.99. The van der Waals surface area contributed by atoms with Crippen molar-refractivity contribution in [2.45, 2.75) is 59.0 Å². The molecular weight excluding hydrogens is 466 g/mol. The van der Waals surface area contributed by atoms with E-state index in [4.69, 9.17) is 14.2 Å². The number of esters is 3. The second-order valence-electron chi connectivity index (χ2n) is 7.53. The Balaban J connectivity index is 1.78. The summed E-state index contributed by atoms with van der Waals surface area (Å²) in [5.41, 5.74) is 1.61. The minimum absolute atomic E-state index is 0.0750. The molecule has 178 valence electrons. The lowest BCUT2D eigenvalue weighted by Gasteiger charge is -2.15. The van der Waals surface area contributed by atoms with Crippen molar-refractivity contribution in [1.82, 2.24) is 0 Å². The molecule has 0 fully saturated rings. The number of amides is 1. The smallest absolute Gasteiger partial charge is 0.349 e. The third-order valence-electron chi connectivity index (χ3n) is 5.34. The van der Waals surface area contributed by atoms with Gasteiger partial charge in [-0.25, -0.2) is 14.4 Å². The molecule has 3 rings (SSSR count). The number of rotatable bonds is 8. The molecule has 0 bridgehead atoms. The van der Waals surface area contributed by atoms with Crippen molar-refractivity contribution in [2.75, 3.05) is 19.0 Å². The fourth-order valence-corrected chi connectivity index (χ4v) is 5.86. The number of fused-ring (bicyclic) bond motifs is 1. The van der Waals surface area contributed by atoms with Crippen LogP contribution in [0.25, 0.3) is 0 Å².